The van der Waals surface area contributed by atoms with Gasteiger partial charge in [0, 0.05) is 5.56 Å². The summed E-state index contributed by atoms with van der Waals surface area (Å²) in [6, 6.07) is 5.00. The Kier molecular flexibility index (Phi) is 10.0. The molecule has 1 fully saturated rings. The molecule has 38 heavy (non-hydrogen) atoms. The number of aryl methyl sites for hydroxylation is 1. The van der Waals surface area contributed by atoms with Crippen LogP contribution in [0.4, 0.5) is 39.5 Å². The van der Waals surface area contributed by atoms with Gasteiger partial charge >= 0.3 is 12.3 Å². The van der Waals surface area contributed by atoms with E-state index in [0.717, 1.165) is 25.2 Å². The first-order valence-electron chi connectivity index (χ1n) is 12.9. The Bertz CT molecular complexity index is 1040. The molecule has 2 aromatic carbocycles. The maximum Gasteiger partial charge on any atom is 0.439 e. The third-order valence-corrected chi connectivity index (χ3v) is 7.19. The van der Waals surface area contributed by atoms with Crippen LogP contribution in [0.2, 0.25) is 0 Å². The molecule has 1 aliphatic carbocycles. The van der Waals surface area contributed by atoms with Gasteiger partial charge < -0.3 is 4.74 Å². The summed E-state index contributed by atoms with van der Waals surface area (Å²) in [4.78, 5) is 0. The predicted molar refractivity (Wildman–Crippen MR) is 126 cm³/mol. The fourth-order valence-corrected chi connectivity index (χ4v) is 5.00. The Morgan fingerprint density at radius 1 is 0.816 bits per heavy atom. The van der Waals surface area contributed by atoms with E-state index in [9.17, 15) is 39.5 Å². The molecule has 2 aromatic rings. The van der Waals surface area contributed by atoms with Crippen molar-refractivity contribution in [3.05, 3.63) is 53.3 Å². The topological polar surface area (TPSA) is 9.23 Å². The number of alkyl halides is 6. The first-order chi connectivity index (χ1) is 17.8. The van der Waals surface area contributed by atoms with Gasteiger partial charge in [0.25, 0.3) is 6.17 Å². The predicted octanol–water partition coefficient (Wildman–Crippen LogP) is 9.96. The van der Waals surface area contributed by atoms with Gasteiger partial charge in [0.05, 0.1) is 0 Å². The number of ether oxygens (including phenoxy) is 1. The summed E-state index contributed by atoms with van der Waals surface area (Å²) >= 11 is 0. The van der Waals surface area contributed by atoms with Crippen LogP contribution in [0.5, 0.6) is 5.75 Å². The highest BCUT2D eigenvalue weighted by Crippen LogP contribution is 2.39. The largest absolute Gasteiger partial charge is 0.439 e. The number of halogens is 9. The molecule has 1 unspecified atom stereocenters. The number of unbranched alkanes of at least 4 members (excludes halogenated alkanes) is 2. The second kappa shape index (κ2) is 12.6. The molecule has 0 amide bonds. The molecule has 0 N–H and O–H groups in total. The Hall–Kier alpha value is -2.39. The van der Waals surface area contributed by atoms with Crippen LogP contribution < -0.4 is 4.74 Å². The highest BCUT2D eigenvalue weighted by atomic mass is 19.4. The Labute approximate surface area is 216 Å². The Morgan fingerprint density at radius 3 is 1.92 bits per heavy atom. The lowest BCUT2D eigenvalue weighted by Gasteiger charge is -2.28. The van der Waals surface area contributed by atoms with E-state index in [1.165, 1.54) is 50.7 Å². The van der Waals surface area contributed by atoms with Crippen LogP contribution in [-0.4, -0.2) is 18.5 Å². The van der Waals surface area contributed by atoms with E-state index in [1.54, 1.807) is 6.07 Å². The number of benzene rings is 2. The second-order valence-corrected chi connectivity index (χ2v) is 10.1. The minimum Gasteiger partial charge on any atom is -0.424 e. The van der Waals surface area contributed by atoms with Gasteiger partial charge in [-0.05, 0) is 54.0 Å². The summed E-state index contributed by atoms with van der Waals surface area (Å²) in [6.45, 7) is 2.19. The average molecular weight is 555 g/mol. The van der Waals surface area contributed by atoms with Crippen LogP contribution in [0.1, 0.15) is 70.3 Å². The molecule has 0 bridgehead atoms. The minimum atomic E-state index is -6.02. The summed E-state index contributed by atoms with van der Waals surface area (Å²) in [5.41, 5.74) is 0.0721. The van der Waals surface area contributed by atoms with E-state index in [-0.39, 0.29) is 11.1 Å². The highest BCUT2D eigenvalue weighted by Gasteiger charge is 2.59. The fourth-order valence-electron chi connectivity index (χ4n) is 5.00. The lowest BCUT2D eigenvalue weighted by Crippen LogP contribution is -2.46. The van der Waals surface area contributed by atoms with Crippen LogP contribution in [-0.2, 0) is 6.42 Å². The van der Waals surface area contributed by atoms with Gasteiger partial charge in [0.15, 0.2) is 17.4 Å². The molecule has 0 heterocycles. The molecule has 1 atom stereocenters. The summed E-state index contributed by atoms with van der Waals surface area (Å²) in [5, 5.41) is 0. The van der Waals surface area contributed by atoms with Gasteiger partial charge in [0.1, 0.15) is 5.82 Å². The van der Waals surface area contributed by atoms with Crippen molar-refractivity contribution in [3.8, 4) is 16.9 Å². The van der Waals surface area contributed by atoms with E-state index in [0.29, 0.717) is 30.0 Å². The van der Waals surface area contributed by atoms with Crippen molar-refractivity contribution >= 4 is 0 Å². The quantitative estimate of drug-likeness (QED) is 0.198. The lowest BCUT2D eigenvalue weighted by atomic mass is 9.78. The molecule has 1 nitrogen and oxygen atoms in total. The number of hydrogen-bond donors (Lipinski definition) is 0. The van der Waals surface area contributed by atoms with Crippen molar-refractivity contribution in [2.45, 2.75) is 89.6 Å². The van der Waals surface area contributed by atoms with E-state index in [4.69, 9.17) is 0 Å². The monoisotopic (exact) mass is 554 g/mol. The average Bonchev–Trinajstić information content (AvgIpc) is 2.85. The van der Waals surface area contributed by atoms with Crippen LogP contribution in [0.25, 0.3) is 11.1 Å². The molecular weight excluding hydrogens is 523 g/mol. The molecule has 0 aliphatic heterocycles. The molecule has 212 valence electrons. The molecular formula is C28H31F9O. The van der Waals surface area contributed by atoms with Crippen LogP contribution >= 0.6 is 0 Å². The third-order valence-electron chi connectivity index (χ3n) is 7.19. The molecule has 0 aromatic heterocycles. The summed E-state index contributed by atoms with van der Waals surface area (Å²) in [5.74, 6) is -5.04. The normalized spacial score (nSPS) is 19.4. The van der Waals surface area contributed by atoms with Crippen molar-refractivity contribution in [3.63, 3.8) is 0 Å². The summed E-state index contributed by atoms with van der Waals surface area (Å²) < 4.78 is 124. The van der Waals surface area contributed by atoms with Crippen molar-refractivity contribution in [2.75, 3.05) is 0 Å². The lowest BCUT2D eigenvalue weighted by molar-refractivity contribution is -0.306. The number of hydrogen-bond acceptors (Lipinski definition) is 1. The SMILES string of the molecule is CCCCC[C@H]1CC[C@H](CCc2ccc(-c3cc(F)c(OC(F)(F)C(F)C(F)(F)F)c(F)c3)c(F)c2)CC1. The van der Waals surface area contributed by atoms with Crippen LogP contribution in [0, 0.1) is 29.3 Å². The number of rotatable bonds is 11. The van der Waals surface area contributed by atoms with Crippen molar-refractivity contribution in [2.24, 2.45) is 11.8 Å². The molecule has 1 saturated carbocycles. The summed E-state index contributed by atoms with van der Waals surface area (Å²) in [7, 11) is 0. The van der Waals surface area contributed by atoms with E-state index < -0.39 is 41.7 Å². The van der Waals surface area contributed by atoms with Crippen LogP contribution in [0.15, 0.2) is 30.3 Å². The maximum absolute atomic E-state index is 14.8. The maximum atomic E-state index is 14.8. The van der Waals surface area contributed by atoms with Crippen molar-refractivity contribution < 1.29 is 44.3 Å². The van der Waals surface area contributed by atoms with Gasteiger partial charge in [-0.1, -0.05) is 70.4 Å². The first-order valence-corrected chi connectivity index (χ1v) is 12.9. The second-order valence-electron chi connectivity index (χ2n) is 10.1. The summed E-state index contributed by atoms with van der Waals surface area (Å²) in [6.07, 6.45) is -5.22. The molecule has 0 radical (unpaired) electrons. The Balaban J connectivity index is 1.63. The smallest absolute Gasteiger partial charge is 0.424 e. The zero-order valence-electron chi connectivity index (χ0n) is 21.0. The molecule has 3 rings (SSSR count). The Morgan fingerprint density at radius 2 is 1.39 bits per heavy atom. The first kappa shape index (κ1) is 30.2. The van der Waals surface area contributed by atoms with E-state index in [2.05, 4.69) is 11.7 Å². The van der Waals surface area contributed by atoms with E-state index in [1.807, 2.05) is 0 Å². The molecule has 10 heteroatoms. The molecule has 0 spiro atoms. The van der Waals surface area contributed by atoms with Crippen LogP contribution in [0.3, 0.4) is 0 Å². The van der Waals surface area contributed by atoms with Crippen molar-refractivity contribution in [1.82, 2.24) is 0 Å². The highest BCUT2D eigenvalue weighted by molar-refractivity contribution is 5.65. The molecule has 1 aliphatic rings. The van der Waals surface area contributed by atoms with Gasteiger partial charge in [0.2, 0.25) is 0 Å². The third kappa shape index (κ3) is 7.82. The zero-order valence-corrected chi connectivity index (χ0v) is 21.0. The minimum absolute atomic E-state index is 0.240. The van der Waals surface area contributed by atoms with Gasteiger partial charge in [-0.2, -0.15) is 22.0 Å². The van der Waals surface area contributed by atoms with Gasteiger partial charge in [-0.25, -0.2) is 17.6 Å². The zero-order chi connectivity index (χ0) is 28.1. The standard InChI is InChI=1S/C28H31F9O/c1-2-3-4-5-17-6-8-18(9-7-17)10-11-19-12-13-21(22(29)14-19)20-15-23(30)25(24(31)16-20)38-28(36,37)26(32)27(33,34)35/h12-18,26H,2-11H2,1H3/t17-,18-,26?. The van der Waals surface area contributed by atoms with E-state index >= 15 is 0 Å². The molecule has 0 saturated heterocycles. The fraction of sp³-hybridized carbons (Fsp3) is 0.571. The van der Waals surface area contributed by atoms with Gasteiger partial charge in [-0.3, -0.25) is 0 Å². The van der Waals surface area contributed by atoms with Gasteiger partial charge in [-0.15, -0.1) is 0 Å². The van der Waals surface area contributed by atoms with Crippen molar-refractivity contribution in [1.29, 1.82) is 0 Å².